The number of amides is 1. The summed E-state index contributed by atoms with van der Waals surface area (Å²) in [5.74, 6) is 0.0266. The Balaban J connectivity index is 2.34. The van der Waals surface area contributed by atoms with Gasteiger partial charge in [-0.3, -0.25) is 9.69 Å². The van der Waals surface area contributed by atoms with Crippen LogP contribution in [0.25, 0.3) is 0 Å². The number of nitrogens with one attached hydrogen (secondary N) is 1. The Bertz CT molecular complexity index is 325. The number of carbonyl (C=O) groups excluding carboxylic acids is 1. The van der Waals surface area contributed by atoms with Crippen LogP contribution >= 0.6 is 11.3 Å². The van der Waals surface area contributed by atoms with Gasteiger partial charge in [-0.2, -0.15) is 11.3 Å². The van der Waals surface area contributed by atoms with E-state index in [0.29, 0.717) is 18.6 Å². The molecule has 0 atom stereocenters. The van der Waals surface area contributed by atoms with Gasteiger partial charge in [-0.05, 0) is 39.1 Å². The van der Waals surface area contributed by atoms with E-state index in [1.54, 1.807) is 11.3 Å². The van der Waals surface area contributed by atoms with E-state index in [4.69, 9.17) is 0 Å². The topological polar surface area (TPSA) is 32.3 Å². The maximum Gasteiger partial charge on any atom is 0.252 e. The van der Waals surface area contributed by atoms with Crippen LogP contribution in [0.4, 0.5) is 0 Å². The summed E-state index contributed by atoms with van der Waals surface area (Å²) in [4.78, 5) is 14.1. The summed E-state index contributed by atoms with van der Waals surface area (Å²) in [7, 11) is 0. The third kappa shape index (κ3) is 4.48. The van der Waals surface area contributed by atoms with Crippen molar-refractivity contribution >= 4 is 17.2 Å². The number of nitrogens with zero attached hydrogens (tertiary/aromatic N) is 1. The molecule has 0 saturated carbocycles. The summed E-state index contributed by atoms with van der Waals surface area (Å²) in [6.07, 6.45) is 0. The average molecular weight is 254 g/mol. The molecule has 0 aliphatic rings. The van der Waals surface area contributed by atoms with Crippen LogP contribution in [-0.4, -0.2) is 36.0 Å². The Morgan fingerprint density at radius 2 is 2.00 bits per heavy atom. The molecule has 1 rings (SSSR count). The quantitative estimate of drug-likeness (QED) is 0.846. The smallest absolute Gasteiger partial charge is 0.252 e. The van der Waals surface area contributed by atoms with Crippen molar-refractivity contribution in [2.45, 2.75) is 39.8 Å². The first kappa shape index (κ1) is 14.2. The lowest BCUT2D eigenvalue weighted by Crippen LogP contribution is -2.42. The second-order valence-corrected chi connectivity index (χ2v) is 5.47. The summed E-state index contributed by atoms with van der Waals surface area (Å²) in [6, 6.07) is 2.86. The number of carbonyl (C=O) groups is 1. The molecule has 0 aliphatic carbocycles. The molecule has 0 radical (unpaired) electrons. The molecule has 0 aliphatic heterocycles. The molecule has 17 heavy (non-hydrogen) atoms. The minimum Gasteiger partial charge on any atom is -0.351 e. The van der Waals surface area contributed by atoms with Crippen molar-refractivity contribution < 1.29 is 4.79 Å². The third-order valence-corrected chi connectivity index (χ3v) is 3.45. The Kier molecular flexibility index (Phi) is 5.65. The predicted octanol–water partition coefficient (Wildman–Crippen LogP) is 2.60. The standard InChI is InChI=1S/C13H22N2OS/c1-10(2)15(11(3)4)7-6-14-13(16)12-5-8-17-9-12/h5,8-11H,6-7H2,1-4H3,(H,14,16). The van der Waals surface area contributed by atoms with Crippen molar-refractivity contribution in [2.75, 3.05) is 13.1 Å². The molecule has 3 nitrogen and oxygen atoms in total. The Morgan fingerprint density at radius 1 is 1.35 bits per heavy atom. The molecule has 1 heterocycles. The minimum absolute atomic E-state index is 0.0266. The predicted molar refractivity (Wildman–Crippen MR) is 73.6 cm³/mol. The molecule has 1 aromatic rings. The van der Waals surface area contributed by atoms with Gasteiger partial charge in [0, 0.05) is 36.1 Å². The van der Waals surface area contributed by atoms with Crippen molar-refractivity contribution in [2.24, 2.45) is 0 Å². The fourth-order valence-electron chi connectivity index (χ4n) is 1.91. The molecule has 1 N–H and O–H groups in total. The first-order valence-corrected chi connectivity index (χ1v) is 7.02. The first-order valence-electron chi connectivity index (χ1n) is 6.08. The van der Waals surface area contributed by atoms with Crippen molar-refractivity contribution in [3.63, 3.8) is 0 Å². The van der Waals surface area contributed by atoms with Crippen LogP contribution < -0.4 is 5.32 Å². The van der Waals surface area contributed by atoms with Gasteiger partial charge >= 0.3 is 0 Å². The molecule has 0 fully saturated rings. The number of rotatable bonds is 6. The summed E-state index contributed by atoms with van der Waals surface area (Å²) in [6.45, 7) is 10.3. The lowest BCUT2D eigenvalue weighted by Gasteiger charge is -2.30. The fourth-order valence-corrected chi connectivity index (χ4v) is 2.54. The van der Waals surface area contributed by atoms with Gasteiger partial charge in [0.25, 0.3) is 5.91 Å². The Morgan fingerprint density at radius 3 is 2.47 bits per heavy atom. The zero-order valence-electron chi connectivity index (χ0n) is 11.1. The van der Waals surface area contributed by atoms with Gasteiger partial charge in [-0.1, -0.05) is 0 Å². The van der Waals surface area contributed by atoms with Crippen LogP contribution in [0.1, 0.15) is 38.1 Å². The molecular formula is C13H22N2OS. The summed E-state index contributed by atoms with van der Waals surface area (Å²) in [5, 5.41) is 6.74. The molecule has 96 valence electrons. The molecule has 0 aromatic carbocycles. The number of thiophene rings is 1. The lowest BCUT2D eigenvalue weighted by molar-refractivity contribution is 0.0940. The van der Waals surface area contributed by atoms with E-state index in [1.165, 1.54) is 0 Å². The SMILES string of the molecule is CC(C)N(CCNC(=O)c1ccsc1)C(C)C. The normalized spacial score (nSPS) is 11.5. The fraction of sp³-hybridized carbons (Fsp3) is 0.615. The van der Waals surface area contributed by atoms with E-state index < -0.39 is 0 Å². The summed E-state index contributed by atoms with van der Waals surface area (Å²) >= 11 is 1.55. The highest BCUT2D eigenvalue weighted by Crippen LogP contribution is 2.06. The Labute approximate surface area is 108 Å². The highest BCUT2D eigenvalue weighted by molar-refractivity contribution is 7.08. The van der Waals surface area contributed by atoms with Crippen LogP contribution in [0.3, 0.4) is 0 Å². The van der Waals surface area contributed by atoms with Crippen molar-refractivity contribution in [1.29, 1.82) is 0 Å². The molecule has 1 amide bonds. The zero-order valence-corrected chi connectivity index (χ0v) is 11.9. The number of hydrogen-bond donors (Lipinski definition) is 1. The van der Waals surface area contributed by atoms with E-state index in [0.717, 1.165) is 12.1 Å². The van der Waals surface area contributed by atoms with Gasteiger partial charge < -0.3 is 5.32 Å². The lowest BCUT2D eigenvalue weighted by atomic mass is 10.2. The third-order valence-electron chi connectivity index (χ3n) is 2.77. The summed E-state index contributed by atoms with van der Waals surface area (Å²) in [5.41, 5.74) is 0.760. The van der Waals surface area contributed by atoms with Crippen molar-refractivity contribution in [3.8, 4) is 0 Å². The van der Waals surface area contributed by atoms with Gasteiger partial charge in [0.05, 0.1) is 0 Å². The van der Waals surface area contributed by atoms with Gasteiger partial charge in [-0.25, -0.2) is 0 Å². The first-order chi connectivity index (χ1) is 8.02. The van der Waals surface area contributed by atoms with Crippen LogP contribution in [0.15, 0.2) is 16.8 Å². The van der Waals surface area contributed by atoms with E-state index >= 15 is 0 Å². The van der Waals surface area contributed by atoms with Crippen molar-refractivity contribution in [1.82, 2.24) is 10.2 Å². The van der Waals surface area contributed by atoms with Crippen LogP contribution in [-0.2, 0) is 0 Å². The second-order valence-electron chi connectivity index (χ2n) is 4.69. The molecule has 0 saturated heterocycles. The van der Waals surface area contributed by atoms with Crippen molar-refractivity contribution in [3.05, 3.63) is 22.4 Å². The average Bonchev–Trinajstić information content (AvgIpc) is 2.76. The Hall–Kier alpha value is -0.870. The maximum absolute atomic E-state index is 11.7. The maximum atomic E-state index is 11.7. The summed E-state index contributed by atoms with van der Waals surface area (Å²) < 4.78 is 0. The highest BCUT2D eigenvalue weighted by atomic mass is 32.1. The van der Waals surface area contributed by atoms with Crippen LogP contribution in [0, 0.1) is 0 Å². The van der Waals surface area contributed by atoms with E-state index in [9.17, 15) is 4.79 Å². The van der Waals surface area contributed by atoms with Gasteiger partial charge in [0.1, 0.15) is 0 Å². The molecule has 0 bridgehead atoms. The van der Waals surface area contributed by atoms with E-state index in [2.05, 4.69) is 37.9 Å². The van der Waals surface area contributed by atoms with E-state index in [1.807, 2.05) is 16.8 Å². The largest absolute Gasteiger partial charge is 0.351 e. The number of hydrogen-bond acceptors (Lipinski definition) is 3. The highest BCUT2D eigenvalue weighted by Gasteiger charge is 2.13. The minimum atomic E-state index is 0.0266. The van der Waals surface area contributed by atoms with Gasteiger partial charge in [0.2, 0.25) is 0 Å². The molecule has 1 aromatic heterocycles. The molecule has 0 spiro atoms. The van der Waals surface area contributed by atoms with E-state index in [-0.39, 0.29) is 5.91 Å². The monoisotopic (exact) mass is 254 g/mol. The zero-order chi connectivity index (χ0) is 12.8. The second kappa shape index (κ2) is 6.77. The molecule has 0 unspecified atom stereocenters. The molecular weight excluding hydrogens is 232 g/mol. The van der Waals surface area contributed by atoms with Crippen LogP contribution in [0.2, 0.25) is 0 Å². The van der Waals surface area contributed by atoms with Gasteiger partial charge in [-0.15, -0.1) is 0 Å². The van der Waals surface area contributed by atoms with Gasteiger partial charge in [0.15, 0.2) is 0 Å². The molecule has 4 heteroatoms. The van der Waals surface area contributed by atoms with Crippen LogP contribution in [0.5, 0.6) is 0 Å².